The Kier molecular flexibility index (Phi) is 6.18. The van der Waals surface area contributed by atoms with Crippen molar-refractivity contribution in [1.82, 2.24) is 0 Å². The van der Waals surface area contributed by atoms with Gasteiger partial charge in [0.25, 0.3) is 0 Å². The van der Waals surface area contributed by atoms with Crippen molar-refractivity contribution in [2.75, 3.05) is 17.3 Å². The molecule has 0 radical (unpaired) electrons. The maximum absolute atomic E-state index is 4.81. The molecule has 0 amide bonds. The van der Waals surface area contributed by atoms with Gasteiger partial charge in [0, 0.05) is 15.7 Å². The third kappa shape index (κ3) is 3.63. The summed E-state index contributed by atoms with van der Waals surface area (Å²) in [6.07, 6.45) is 18.4. The normalized spacial score (nSPS) is 56.4. The molecule has 32 heavy (non-hydrogen) atoms. The molecule has 4 heteroatoms. The molecule has 0 aromatic rings. The molecule has 0 nitrogen and oxygen atoms in total. The quantitative estimate of drug-likeness (QED) is 0.290. The zero-order valence-corrected chi connectivity index (χ0v) is 23.2. The molecule has 1 spiro atoms. The molecule has 0 aromatic heterocycles. The van der Waals surface area contributed by atoms with Crippen molar-refractivity contribution in [2.45, 2.75) is 92.8 Å². The number of thioether (sulfide) groups is 2. The molecular formula is C28H44S4. The zero-order valence-electron chi connectivity index (χ0n) is 19.7. The van der Waals surface area contributed by atoms with Crippen molar-refractivity contribution >= 4 is 48.8 Å². The molecule has 180 valence electrons. The van der Waals surface area contributed by atoms with Crippen LogP contribution in [0.4, 0.5) is 0 Å². The van der Waals surface area contributed by atoms with Crippen LogP contribution in [0.1, 0.15) is 77.0 Å². The molecule has 7 rings (SSSR count). The van der Waals surface area contributed by atoms with E-state index in [-0.39, 0.29) is 0 Å². The van der Waals surface area contributed by atoms with Gasteiger partial charge in [0.2, 0.25) is 0 Å². The summed E-state index contributed by atoms with van der Waals surface area (Å²) in [6.45, 7) is 0. The minimum absolute atomic E-state index is 0.744. The summed E-state index contributed by atoms with van der Waals surface area (Å²) in [6, 6.07) is 0. The Hall–Kier alpha value is 1.40. The summed E-state index contributed by atoms with van der Waals surface area (Å²) in [5, 5.41) is 2.81. The maximum Gasteiger partial charge on any atom is 0.00837 e. The van der Waals surface area contributed by atoms with Crippen LogP contribution in [0.5, 0.6) is 0 Å². The van der Waals surface area contributed by atoms with Gasteiger partial charge in [-0.05, 0) is 153 Å². The second-order valence-electron chi connectivity index (χ2n) is 13.2. The van der Waals surface area contributed by atoms with E-state index in [4.69, 9.17) is 12.6 Å². The predicted molar refractivity (Wildman–Crippen MR) is 148 cm³/mol. The fraction of sp³-hybridized carbons (Fsp3) is 1.00. The van der Waals surface area contributed by atoms with Gasteiger partial charge in [-0.1, -0.05) is 0 Å². The second-order valence-corrected chi connectivity index (χ2v) is 17.0. The largest absolute Gasteiger partial charge is 0.179 e. The molecule has 7 saturated carbocycles. The van der Waals surface area contributed by atoms with E-state index in [1.54, 1.807) is 44.9 Å². The lowest BCUT2D eigenvalue weighted by Gasteiger charge is -2.46. The Morgan fingerprint density at radius 3 is 2.06 bits per heavy atom. The van der Waals surface area contributed by atoms with Gasteiger partial charge in [-0.15, -0.1) is 0 Å². The fourth-order valence-corrected chi connectivity index (χ4v) is 14.7. The summed E-state index contributed by atoms with van der Waals surface area (Å²) in [4.78, 5) is 0. The Bertz CT molecular complexity index is 710. The highest BCUT2D eigenvalue weighted by atomic mass is 32.2. The fourth-order valence-electron chi connectivity index (χ4n) is 10.5. The van der Waals surface area contributed by atoms with E-state index in [1.165, 1.54) is 43.6 Å². The number of thiol groups is 2. The van der Waals surface area contributed by atoms with E-state index in [1.807, 2.05) is 0 Å². The van der Waals surface area contributed by atoms with Crippen LogP contribution in [0, 0.1) is 58.7 Å². The number of fused-ring (bicyclic) bond motifs is 4. The van der Waals surface area contributed by atoms with Crippen molar-refractivity contribution in [1.29, 1.82) is 0 Å². The molecule has 0 heterocycles. The van der Waals surface area contributed by atoms with Crippen LogP contribution in [-0.4, -0.2) is 33.0 Å². The van der Waals surface area contributed by atoms with Gasteiger partial charge >= 0.3 is 0 Å². The molecule has 0 aromatic carbocycles. The lowest BCUT2D eigenvalue weighted by molar-refractivity contribution is 0.0576. The van der Waals surface area contributed by atoms with Crippen LogP contribution < -0.4 is 0 Å². The summed E-state index contributed by atoms with van der Waals surface area (Å²) in [5.74, 6) is 13.7. The average molecular weight is 509 g/mol. The first-order valence-electron chi connectivity index (χ1n) is 14.2. The SMILES string of the molecule is SCCC1CC2C(SCCC3CC4CC3CC4SCCC3CC4CC3CC4S)CC3CC132. The first-order chi connectivity index (χ1) is 15.7. The second kappa shape index (κ2) is 8.76. The van der Waals surface area contributed by atoms with Crippen LogP contribution in [-0.2, 0) is 0 Å². The van der Waals surface area contributed by atoms with Gasteiger partial charge in [-0.3, -0.25) is 0 Å². The van der Waals surface area contributed by atoms with Crippen molar-refractivity contribution in [3.05, 3.63) is 0 Å². The molecule has 0 saturated heterocycles. The monoisotopic (exact) mass is 508 g/mol. The van der Waals surface area contributed by atoms with Crippen molar-refractivity contribution in [2.24, 2.45) is 58.7 Å². The Morgan fingerprint density at radius 1 is 0.688 bits per heavy atom. The van der Waals surface area contributed by atoms with Gasteiger partial charge in [0.15, 0.2) is 0 Å². The zero-order chi connectivity index (χ0) is 21.4. The first kappa shape index (κ1) is 22.6. The summed E-state index contributed by atoms with van der Waals surface area (Å²) in [7, 11) is 0. The van der Waals surface area contributed by atoms with Crippen molar-refractivity contribution < 1.29 is 0 Å². The van der Waals surface area contributed by atoms with Crippen LogP contribution >= 0.6 is 48.8 Å². The summed E-state index contributed by atoms with van der Waals surface area (Å²) in [5.41, 5.74) is 0.851. The predicted octanol–water partition coefficient (Wildman–Crippen LogP) is 7.73. The highest BCUT2D eigenvalue weighted by molar-refractivity contribution is 8.00. The Balaban J connectivity index is 0.809. The molecule has 7 aliphatic rings. The molecule has 0 aliphatic heterocycles. The highest BCUT2D eigenvalue weighted by Gasteiger charge is 2.74. The van der Waals surface area contributed by atoms with E-state index < -0.39 is 0 Å². The topological polar surface area (TPSA) is 0 Å². The molecule has 13 atom stereocenters. The van der Waals surface area contributed by atoms with E-state index in [2.05, 4.69) is 36.2 Å². The van der Waals surface area contributed by atoms with Crippen LogP contribution in [0.15, 0.2) is 0 Å². The van der Waals surface area contributed by atoms with Gasteiger partial charge in [0.05, 0.1) is 0 Å². The number of hydrogen-bond acceptors (Lipinski definition) is 4. The van der Waals surface area contributed by atoms with Gasteiger partial charge in [0.1, 0.15) is 0 Å². The van der Waals surface area contributed by atoms with Crippen molar-refractivity contribution in [3.63, 3.8) is 0 Å². The standard InChI is InChI=1S/C28H44S4/c29-4-1-22-13-24-27(14-23-15-28(22,23)24)32-6-3-17-8-21-10-19(17)12-26(21)31-5-2-16-7-20-9-18(16)11-25(20)30/h16-27,29-30H,1-15H2. The van der Waals surface area contributed by atoms with Crippen LogP contribution in [0.3, 0.4) is 0 Å². The third-order valence-corrected chi connectivity index (χ3v) is 16.0. The minimum Gasteiger partial charge on any atom is -0.179 e. The Morgan fingerprint density at radius 2 is 1.41 bits per heavy atom. The lowest BCUT2D eigenvalue weighted by Crippen LogP contribution is -2.41. The van der Waals surface area contributed by atoms with Gasteiger partial charge < -0.3 is 0 Å². The molecule has 7 fully saturated rings. The molecule has 7 aliphatic carbocycles. The van der Waals surface area contributed by atoms with E-state index >= 15 is 0 Å². The summed E-state index contributed by atoms with van der Waals surface area (Å²) >= 11 is 14.1. The van der Waals surface area contributed by atoms with E-state index in [0.717, 1.165) is 80.2 Å². The lowest BCUT2D eigenvalue weighted by atomic mass is 9.61. The molecule has 13 unspecified atom stereocenters. The minimum atomic E-state index is 0.744. The van der Waals surface area contributed by atoms with E-state index in [9.17, 15) is 0 Å². The third-order valence-electron chi connectivity index (χ3n) is 12.2. The smallest absolute Gasteiger partial charge is 0.00837 e. The van der Waals surface area contributed by atoms with Gasteiger partial charge in [-0.25, -0.2) is 0 Å². The Labute approximate surface area is 216 Å². The average Bonchev–Trinajstić information content (AvgIpc) is 3.19. The summed E-state index contributed by atoms with van der Waals surface area (Å²) < 4.78 is 0. The molecular weight excluding hydrogens is 465 g/mol. The van der Waals surface area contributed by atoms with Crippen LogP contribution in [0.25, 0.3) is 0 Å². The number of rotatable bonds is 10. The first-order valence-corrected chi connectivity index (χ1v) is 17.4. The molecule has 4 bridgehead atoms. The molecule has 0 N–H and O–H groups in total. The van der Waals surface area contributed by atoms with Crippen molar-refractivity contribution in [3.8, 4) is 0 Å². The van der Waals surface area contributed by atoms with E-state index in [0.29, 0.717) is 0 Å². The highest BCUT2D eigenvalue weighted by Crippen LogP contribution is 2.80. The maximum atomic E-state index is 4.81. The van der Waals surface area contributed by atoms with Crippen LogP contribution in [0.2, 0.25) is 0 Å². The number of hydrogen-bond donors (Lipinski definition) is 2. The van der Waals surface area contributed by atoms with Gasteiger partial charge in [-0.2, -0.15) is 48.8 Å².